The van der Waals surface area contributed by atoms with Crippen LogP contribution >= 0.6 is 0 Å². The summed E-state index contributed by atoms with van der Waals surface area (Å²) < 4.78 is 5.86. The molecule has 4 N–H and O–H groups in total. The van der Waals surface area contributed by atoms with Crippen LogP contribution in [0.15, 0.2) is 0 Å². The number of nitrogens with two attached hydrogens (primary N) is 2. The monoisotopic (exact) mass is 216 g/mol. The maximum atomic E-state index is 5.86. The third kappa shape index (κ3) is 3.69. The van der Waals surface area contributed by atoms with E-state index in [0.29, 0.717) is 5.73 Å². The van der Waals surface area contributed by atoms with Crippen molar-refractivity contribution in [1.82, 2.24) is 0 Å². The zero-order valence-electron chi connectivity index (χ0n) is 9.46. The Morgan fingerprint density at radius 3 is 2.57 bits per heavy atom. The van der Waals surface area contributed by atoms with Gasteiger partial charge >= 0.3 is 0 Å². The van der Waals surface area contributed by atoms with Crippen molar-refractivity contribution in [1.29, 1.82) is 0 Å². The van der Waals surface area contributed by atoms with Gasteiger partial charge in [0.1, 0.15) is 0 Å². The Labute approximate surface area is 88.2 Å². The lowest BCUT2D eigenvalue weighted by atomic mass is 10.2. The van der Waals surface area contributed by atoms with Crippen LogP contribution in [0.25, 0.3) is 0 Å². The van der Waals surface area contributed by atoms with E-state index < -0.39 is 8.07 Å². The molecule has 1 heterocycles. The number of ether oxygens (including phenoxy) is 1. The molecule has 0 aliphatic carbocycles. The average Bonchev–Trinajstić information content (AvgIpc) is 2.16. The highest BCUT2D eigenvalue weighted by atomic mass is 28.3. The highest BCUT2D eigenvalue weighted by Crippen LogP contribution is 2.26. The topological polar surface area (TPSA) is 61.3 Å². The zero-order valence-corrected chi connectivity index (χ0v) is 10.5. The fraction of sp³-hybridized carbons (Fsp3) is 1.00. The normalized spacial score (nSPS) is 24.2. The largest absolute Gasteiger partial charge is 0.382 e. The van der Waals surface area contributed by atoms with Gasteiger partial charge in [-0.3, -0.25) is 0 Å². The first kappa shape index (κ1) is 12.2. The molecule has 1 unspecified atom stereocenters. The molecule has 1 aliphatic heterocycles. The van der Waals surface area contributed by atoms with Gasteiger partial charge in [0, 0.05) is 12.3 Å². The summed E-state index contributed by atoms with van der Waals surface area (Å²) in [5, 5.41) is 0. The SMILES string of the molecule is C[Si](C)(CCC(N)N)C1CCCCO1. The van der Waals surface area contributed by atoms with Crippen molar-refractivity contribution in [2.75, 3.05) is 6.61 Å². The first-order chi connectivity index (χ1) is 6.52. The molecule has 0 aromatic rings. The molecular formula is C10H24N2OSi. The van der Waals surface area contributed by atoms with Gasteiger partial charge in [-0.25, -0.2) is 0 Å². The second-order valence-corrected chi connectivity index (χ2v) is 10.2. The maximum absolute atomic E-state index is 5.86. The van der Waals surface area contributed by atoms with Crippen molar-refractivity contribution < 1.29 is 4.74 Å². The summed E-state index contributed by atoms with van der Waals surface area (Å²) in [7, 11) is -1.25. The molecule has 0 spiro atoms. The van der Waals surface area contributed by atoms with E-state index in [-0.39, 0.29) is 6.17 Å². The smallest absolute Gasteiger partial charge is 0.0816 e. The fourth-order valence-electron chi connectivity index (χ4n) is 2.06. The summed E-state index contributed by atoms with van der Waals surface area (Å²) in [5.74, 6) is 0. The van der Waals surface area contributed by atoms with Gasteiger partial charge in [-0.2, -0.15) is 0 Å². The second kappa shape index (κ2) is 5.26. The van der Waals surface area contributed by atoms with Crippen LogP contribution in [0.2, 0.25) is 19.1 Å². The molecule has 0 bridgehead atoms. The third-order valence-electron chi connectivity index (χ3n) is 3.17. The summed E-state index contributed by atoms with van der Waals surface area (Å²) in [5.41, 5.74) is 11.7. The van der Waals surface area contributed by atoms with E-state index in [0.717, 1.165) is 13.0 Å². The Morgan fingerprint density at radius 2 is 2.07 bits per heavy atom. The molecule has 1 rings (SSSR count). The lowest BCUT2D eigenvalue weighted by Gasteiger charge is -2.35. The van der Waals surface area contributed by atoms with Gasteiger partial charge in [0.05, 0.1) is 14.2 Å². The van der Waals surface area contributed by atoms with Crippen molar-refractivity contribution in [2.45, 2.75) is 56.7 Å². The minimum atomic E-state index is -1.25. The molecule has 0 aromatic heterocycles. The first-order valence-electron chi connectivity index (χ1n) is 5.65. The Bertz CT molecular complexity index is 168. The predicted molar refractivity (Wildman–Crippen MR) is 62.7 cm³/mol. The fourth-order valence-corrected chi connectivity index (χ4v) is 5.01. The van der Waals surface area contributed by atoms with Crippen LogP contribution in [0.3, 0.4) is 0 Å². The molecule has 0 amide bonds. The van der Waals surface area contributed by atoms with Gasteiger partial charge in [0.15, 0.2) is 0 Å². The van der Waals surface area contributed by atoms with Gasteiger partial charge in [0.25, 0.3) is 0 Å². The summed E-state index contributed by atoms with van der Waals surface area (Å²) in [6.07, 6.45) is 4.61. The van der Waals surface area contributed by atoms with Crippen LogP contribution in [-0.2, 0) is 4.74 Å². The van der Waals surface area contributed by atoms with E-state index in [4.69, 9.17) is 16.2 Å². The van der Waals surface area contributed by atoms with Crippen LogP contribution < -0.4 is 11.5 Å². The summed E-state index contributed by atoms with van der Waals surface area (Å²) >= 11 is 0. The molecule has 14 heavy (non-hydrogen) atoms. The highest BCUT2D eigenvalue weighted by molar-refractivity contribution is 6.78. The van der Waals surface area contributed by atoms with Crippen LogP contribution in [0.4, 0.5) is 0 Å². The Kier molecular flexibility index (Phi) is 4.57. The van der Waals surface area contributed by atoms with Crippen molar-refractivity contribution >= 4 is 8.07 Å². The zero-order chi connectivity index (χ0) is 10.6. The van der Waals surface area contributed by atoms with Gasteiger partial charge < -0.3 is 16.2 Å². The van der Waals surface area contributed by atoms with Crippen molar-refractivity contribution in [3.05, 3.63) is 0 Å². The van der Waals surface area contributed by atoms with Gasteiger partial charge in [-0.15, -0.1) is 0 Å². The predicted octanol–water partition coefficient (Wildman–Crippen LogP) is 1.44. The minimum Gasteiger partial charge on any atom is -0.382 e. The summed E-state index contributed by atoms with van der Waals surface area (Å²) in [4.78, 5) is 0. The molecule has 1 fully saturated rings. The van der Waals surface area contributed by atoms with E-state index in [1.54, 1.807) is 0 Å². The molecule has 1 atom stereocenters. The number of hydrogen-bond acceptors (Lipinski definition) is 3. The molecule has 0 radical (unpaired) electrons. The third-order valence-corrected chi connectivity index (χ3v) is 6.95. The van der Waals surface area contributed by atoms with E-state index >= 15 is 0 Å². The van der Waals surface area contributed by atoms with Crippen LogP contribution in [-0.4, -0.2) is 26.6 Å². The second-order valence-electron chi connectivity index (χ2n) is 5.05. The number of rotatable bonds is 4. The Morgan fingerprint density at radius 1 is 1.36 bits per heavy atom. The van der Waals surface area contributed by atoms with E-state index in [1.165, 1.54) is 25.3 Å². The molecular weight excluding hydrogens is 192 g/mol. The lowest BCUT2D eigenvalue weighted by Crippen LogP contribution is -2.46. The van der Waals surface area contributed by atoms with Crippen molar-refractivity contribution in [3.63, 3.8) is 0 Å². The molecule has 4 heteroatoms. The molecule has 1 saturated heterocycles. The van der Waals surface area contributed by atoms with Crippen molar-refractivity contribution in [3.8, 4) is 0 Å². The van der Waals surface area contributed by atoms with Gasteiger partial charge in [-0.05, 0) is 25.7 Å². The molecule has 1 aliphatic rings. The van der Waals surface area contributed by atoms with E-state index in [9.17, 15) is 0 Å². The van der Waals surface area contributed by atoms with Gasteiger partial charge in [0.2, 0.25) is 0 Å². The summed E-state index contributed by atoms with van der Waals surface area (Å²) in [6, 6.07) is 1.19. The van der Waals surface area contributed by atoms with Crippen LogP contribution in [0, 0.1) is 0 Å². The highest BCUT2D eigenvalue weighted by Gasteiger charge is 2.33. The minimum absolute atomic E-state index is 0.148. The Hall–Kier alpha value is 0.0969. The lowest BCUT2D eigenvalue weighted by molar-refractivity contribution is 0.0597. The first-order valence-corrected chi connectivity index (χ1v) is 8.93. The standard InChI is InChI=1S/C10H24N2OSi/c1-14(2,8-6-9(11)12)10-5-3-4-7-13-10/h9-10H,3-8,11-12H2,1-2H3. The number of hydrogen-bond donors (Lipinski definition) is 2. The van der Waals surface area contributed by atoms with Crippen LogP contribution in [0.5, 0.6) is 0 Å². The van der Waals surface area contributed by atoms with E-state index in [1.807, 2.05) is 0 Å². The maximum Gasteiger partial charge on any atom is 0.0816 e. The summed E-state index contributed by atoms with van der Waals surface area (Å²) in [6.45, 7) is 5.74. The molecule has 84 valence electrons. The van der Waals surface area contributed by atoms with Crippen molar-refractivity contribution in [2.24, 2.45) is 11.5 Å². The quantitative estimate of drug-likeness (QED) is 0.552. The Balaban J connectivity index is 2.37. The van der Waals surface area contributed by atoms with E-state index in [2.05, 4.69) is 13.1 Å². The van der Waals surface area contributed by atoms with Gasteiger partial charge in [-0.1, -0.05) is 19.1 Å². The molecule has 3 nitrogen and oxygen atoms in total. The average molecular weight is 216 g/mol. The molecule has 0 aromatic carbocycles. The van der Waals surface area contributed by atoms with Crippen LogP contribution in [0.1, 0.15) is 25.7 Å². The molecule has 0 saturated carbocycles.